The van der Waals surface area contributed by atoms with Crippen LogP contribution in [0, 0.1) is 0 Å². The van der Waals surface area contributed by atoms with Gasteiger partial charge in [-0.25, -0.2) is 0 Å². The van der Waals surface area contributed by atoms with E-state index in [-0.39, 0.29) is 22.2 Å². The van der Waals surface area contributed by atoms with Crippen molar-refractivity contribution in [2.75, 3.05) is 6.54 Å². The Morgan fingerprint density at radius 1 is 1.44 bits per heavy atom. The molecule has 1 amide bonds. The molecule has 1 aromatic carbocycles. The maximum Gasteiger partial charge on any atom is 0.251 e. The third-order valence-corrected chi connectivity index (χ3v) is 3.52. The zero-order chi connectivity index (χ0) is 13.8. The summed E-state index contributed by atoms with van der Waals surface area (Å²) in [4.78, 5) is 11.9. The number of phenols is 1. The number of halogens is 1. The van der Waals surface area contributed by atoms with Gasteiger partial charge in [0.25, 0.3) is 5.91 Å². The highest BCUT2D eigenvalue weighted by molar-refractivity contribution is 6.32. The van der Waals surface area contributed by atoms with E-state index in [4.69, 9.17) is 17.3 Å². The molecule has 0 atom stereocenters. The molecule has 0 aliphatic carbocycles. The van der Waals surface area contributed by atoms with Gasteiger partial charge in [0.1, 0.15) is 5.75 Å². The number of amides is 1. The van der Waals surface area contributed by atoms with Crippen molar-refractivity contribution in [2.45, 2.75) is 32.2 Å². The maximum absolute atomic E-state index is 11.9. The molecule has 0 saturated carbocycles. The first-order valence-electron chi connectivity index (χ1n) is 5.97. The number of hydrogen-bond donors (Lipinski definition) is 3. The number of aromatic hydroxyl groups is 1. The molecule has 0 saturated heterocycles. The van der Waals surface area contributed by atoms with Crippen LogP contribution in [0.3, 0.4) is 0 Å². The van der Waals surface area contributed by atoms with Gasteiger partial charge in [-0.15, -0.1) is 0 Å². The van der Waals surface area contributed by atoms with E-state index in [1.165, 1.54) is 18.2 Å². The molecule has 0 unspecified atom stereocenters. The number of rotatable bonds is 5. The predicted octanol–water partition coefficient (Wildman–Crippen LogP) is 2.29. The van der Waals surface area contributed by atoms with Gasteiger partial charge in [-0.3, -0.25) is 4.79 Å². The number of carbonyl (C=O) groups excluding carboxylic acids is 1. The highest BCUT2D eigenvalue weighted by atomic mass is 35.5. The zero-order valence-corrected chi connectivity index (χ0v) is 11.4. The minimum Gasteiger partial charge on any atom is -0.506 e. The molecule has 0 heterocycles. The molecule has 100 valence electrons. The Balaban J connectivity index is 2.68. The van der Waals surface area contributed by atoms with Crippen LogP contribution in [0.5, 0.6) is 5.75 Å². The Labute approximate surface area is 112 Å². The van der Waals surface area contributed by atoms with E-state index in [1.807, 2.05) is 13.8 Å². The van der Waals surface area contributed by atoms with Gasteiger partial charge < -0.3 is 16.2 Å². The molecule has 0 spiro atoms. The zero-order valence-electron chi connectivity index (χ0n) is 10.7. The summed E-state index contributed by atoms with van der Waals surface area (Å²) < 4.78 is 0. The summed E-state index contributed by atoms with van der Waals surface area (Å²) in [5.74, 6) is -0.280. The fourth-order valence-electron chi connectivity index (χ4n) is 1.51. The predicted molar refractivity (Wildman–Crippen MR) is 73.0 cm³/mol. The van der Waals surface area contributed by atoms with E-state index in [1.54, 1.807) is 0 Å². The first-order valence-corrected chi connectivity index (χ1v) is 6.35. The van der Waals surface area contributed by atoms with Gasteiger partial charge in [-0.1, -0.05) is 25.4 Å². The van der Waals surface area contributed by atoms with Crippen LogP contribution in [-0.2, 0) is 0 Å². The molecule has 1 rings (SSSR count). The molecule has 0 radical (unpaired) electrons. The van der Waals surface area contributed by atoms with Crippen molar-refractivity contribution in [3.05, 3.63) is 28.8 Å². The Hall–Kier alpha value is -1.26. The van der Waals surface area contributed by atoms with E-state index < -0.39 is 0 Å². The van der Waals surface area contributed by atoms with Gasteiger partial charge in [0.05, 0.1) is 5.02 Å². The largest absolute Gasteiger partial charge is 0.506 e. The van der Waals surface area contributed by atoms with Gasteiger partial charge in [0, 0.05) is 17.6 Å². The standard InChI is InChI=1S/C13H19ClN2O2/c1-3-13(15,4-2)8-16-12(18)9-5-6-11(17)10(14)7-9/h5-7,17H,3-4,8,15H2,1-2H3,(H,16,18). The smallest absolute Gasteiger partial charge is 0.251 e. The van der Waals surface area contributed by atoms with E-state index in [0.29, 0.717) is 12.1 Å². The van der Waals surface area contributed by atoms with Crippen molar-refractivity contribution >= 4 is 17.5 Å². The third-order valence-electron chi connectivity index (χ3n) is 3.22. The van der Waals surface area contributed by atoms with E-state index in [0.717, 1.165) is 12.8 Å². The quantitative estimate of drug-likeness (QED) is 0.768. The molecule has 4 N–H and O–H groups in total. The lowest BCUT2D eigenvalue weighted by Gasteiger charge is -2.26. The molecule has 0 aliphatic rings. The minimum absolute atomic E-state index is 0.0384. The van der Waals surface area contributed by atoms with Crippen LogP contribution >= 0.6 is 11.6 Å². The van der Waals surface area contributed by atoms with Crippen molar-refractivity contribution < 1.29 is 9.90 Å². The van der Waals surface area contributed by atoms with Crippen molar-refractivity contribution in [1.82, 2.24) is 5.32 Å². The molecule has 18 heavy (non-hydrogen) atoms. The summed E-state index contributed by atoms with van der Waals surface area (Å²) in [6.07, 6.45) is 1.58. The van der Waals surface area contributed by atoms with Crippen molar-refractivity contribution in [2.24, 2.45) is 5.73 Å². The van der Waals surface area contributed by atoms with Gasteiger partial charge >= 0.3 is 0 Å². The van der Waals surface area contributed by atoms with E-state index in [2.05, 4.69) is 5.32 Å². The Bertz CT molecular complexity index is 431. The molecule has 0 aliphatic heterocycles. The lowest BCUT2D eigenvalue weighted by atomic mass is 9.94. The fourth-order valence-corrected chi connectivity index (χ4v) is 1.69. The van der Waals surface area contributed by atoms with Gasteiger partial charge in [0.15, 0.2) is 0 Å². The van der Waals surface area contributed by atoms with Crippen molar-refractivity contribution in [3.8, 4) is 5.75 Å². The molecule has 0 aromatic heterocycles. The Morgan fingerprint density at radius 2 is 2.06 bits per heavy atom. The van der Waals surface area contributed by atoms with E-state index in [9.17, 15) is 9.90 Å². The molecular formula is C13H19ClN2O2. The summed E-state index contributed by atoms with van der Waals surface area (Å²) in [6.45, 7) is 4.40. The molecular weight excluding hydrogens is 252 g/mol. The summed E-state index contributed by atoms with van der Waals surface area (Å²) in [5.41, 5.74) is 6.13. The maximum atomic E-state index is 11.9. The Morgan fingerprint density at radius 3 is 2.56 bits per heavy atom. The van der Waals surface area contributed by atoms with Crippen molar-refractivity contribution in [3.63, 3.8) is 0 Å². The number of carbonyl (C=O) groups is 1. The number of phenolic OH excluding ortho intramolecular Hbond substituents is 1. The number of nitrogens with one attached hydrogen (secondary N) is 1. The first-order chi connectivity index (χ1) is 8.41. The van der Waals surface area contributed by atoms with Crippen LogP contribution in [0.1, 0.15) is 37.0 Å². The van der Waals surface area contributed by atoms with Crippen LogP contribution in [-0.4, -0.2) is 23.1 Å². The molecule has 4 nitrogen and oxygen atoms in total. The molecule has 5 heteroatoms. The minimum atomic E-state index is -0.379. The number of nitrogens with two attached hydrogens (primary N) is 1. The average Bonchev–Trinajstić information content (AvgIpc) is 2.38. The highest BCUT2D eigenvalue weighted by Gasteiger charge is 2.21. The second kappa shape index (κ2) is 6.07. The molecule has 0 bridgehead atoms. The molecule has 0 fully saturated rings. The van der Waals surface area contributed by atoms with Crippen LogP contribution in [0.25, 0.3) is 0 Å². The van der Waals surface area contributed by atoms with E-state index >= 15 is 0 Å². The summed E-state index contributed by atoms with van der Waals surface area (Å²) in [7, 11) is 0. The monoisotopic (exact) mass is 270 g/mol. The Kier molecular flexibility index (Phi) is 4.99. The third kappa shape index (κ3) is 3.62. The summed E-state index contributed by atoms with van der Waals surface area (Å²) in [5, 5.41) is 12.2. The second-order valence-electron chi connectivity index (χ2n) is 4.42. The number of benzene rings is 1. The lowest BCUT2D eigenvalue weighted by Crippen LogP contribution is -2.49. The van der Waals surface area contributed by atoms with Gasteiger partial charge in [-0.2, -0.15) is 0 Å². The second-order valence-corrected chi connectivity index (χ2v) is 4.83. The highest BCUT2D eigenvalue weighted by Crippen LogP contribution is 2.23. The topological polar surface area (TPSA) is 75.3 Å². The van der Waals surface area contributed by atoms with Crippen LogP contribution in [0.15, 0.2) is 18.2 Å². The average molecular weight is 271 g/mol. The van der Waals surface area contributed by atoms with Gasteiger partial charge in [-0.05, 0) is 31.0 Å². The SMILES string of the molecule is CCC(N)(CC)CNC(=O)c1ccc(O)c(Cl)c1. The lowest BCUT2D eigenvalue weighted by molar-refractivity contribution is 0.0942. The van der Waals surface area contributed by atoms with Crippen LogP contribution < -0.4 is 11.1 Å². The number of hydrogen-bond acceptors (Lipinski definition) is 3. The normalized spacial score (nSPS) is 11.3. The summed E-state index contributed by atoms with van der Waals surface area (Å²) in [6, 6.07) is 4.35. The molecule has 1 aromatic rings. The van der Waals surface area contributed by atoms with Crippen LogP contribution in [0.2, 0.25) is 5.02 Å². The van der Waals surface area contributed by atoms with Crippen LogP contribution in [0.4, 0.5) is 0 Å². The fraction of sp³-hybridized carbons (Fsp3) is 0.462. The van der Waals surface area contributed by atoms with Gasteiger partial charge in [0.2, 0.25) is 0 Å². The summed E-state index contributed by atoms with van der Waals surface area (Å²) >= 11 is 5.75. The van der Waals surface area contributed by atoms with Crippen molar-refractivity contribution in [1.29, 1.82) is 0 Å². The first kappa shape index (κ1) is 14.8.